The van der Waals surface area contributed by atoms with E-state index in [0.29, 0.717) is 32.5 Å². The van der Waals surface area contributed by atoms with Crippen molar-refractivity contribution in [2.45, 2.75) is 278 Å². The number of hydrogen-bond donors (Lipinski definition) is 1. The van der Waals surface area contributed by atoms with E-state index in [-0.39, 0.29) is 28.1 Å². The highest BCUT2D eigenvalue weighted by molar-refractivity contribution is 7.92. The predicted molar refractivity (Wildman–Crippen MR) is 358 cm³/mol. The second kappa shape index (κ2) is 37.2. The van der Waals surface area contributed by atoms with Crippen molar-refractivity contribution in [3.05, 3.63) is 0 Å². The van der Waals surface area contributed by atoms with Crippen molar-refractivity contribution < 1.29 is 32.2 Å². The van der Waals surface area contributed by atoms with Crippen LogP contribution in [0, 0.1) is 89.2 Å². The first-order chi connectivity index (χ1) is 35.9. The molecule has 4 fully saturated rings. The standard InChI is InChI=1S/C11H21NO.C10H21N.C9H18O.C8H17NO.C8H15N.C7H14O.C7H16O.C5H12O2S.C5H12/c1-9(13)12-7-5-10(6-8-12)11(2,3)4;1-10(2,3)9-5-7-11(4)8-6-9;1-9(2,3)8-4-6-10-7-5-8;1-7(2,3)8(4,5)6(9)10;1-7(2,3)8(4,5)6-9;1-7(2,3)6-4-8-5-6;1-7(2,3)5-6-8-4;1-5(2,3)8(4,6)7;1-5(2,3)4/h10H,5-8H2,1-4H3;9H,5-8H2,1-4H3;8H,4-7H2,1-3H3;1-5H3,(H2,9,10);1-5H3;6H,4-5H2,1-3H3;5-6H2,1-4H3;1-4H3;1-4H3. The van der Waals surface area contributed by atoms with Crippen LogP contribution in [-0.2, 0) is 33.6 Å². The average Bonchev–Trinajstić information content (AvgIpc) is 3.23. The molecule has 12 heteroatoms. The van der Waals surface area contributed by atoms with Crippen molar-refractivity contribution in [1.29, 1.82) is 5.26 Å². The zero-order valence-corrected chi connectivity index (χ0v) is 62.6. The van der Waals surface area contributed by atoms with Gasteiger partial charge in [-0.05, 0) is 161 Å². The van der Waals surface area contributed by atoms with E-state index in [0.717, 1.165) is 76.2 Å². The Hall–Kier alpha value is -1.78. The molecule has 4 saturated heterocycles. The van der Waals surface area contributed by atoms with Crippen LogP contribution in [0.2, 0.25) is 0 Å². The Morgan fingerprint density at radius 3 is 0.988 bits per heavy atom. The number of carbonyl (C=O) groups is 2. The van der Waals surface area contributed by atoms with Crippen LogP contribution in [-0.4, -0.2) is 114 Å². The van der Waals surface area contributed by atoms with Crippen LogP contribution in [0.5, 0.6) is 0 Å². The number of primary amides is 1. The number of ether oxygens (including phenoxy) is 3. The van der Waals surface area contributed by atoms with Crippen LogP contribution in [0.3, 0.4) is 0 Å². The molecule has 2 amide bonds. The van der Waals surface area contributed by atoms with Gasteiger partial charge < -0.3 is 29.7 Å². The third-order valence-corrected chi connectivity index (χ3v) is 19.5. The fourth-order valence-corrected chi connectivity index (χ4v) is 7.18. The van der Waals surface area contributed by atoms with Crippen molar-refractivity contribution in [3.8, 4) is 6.07 Å². The molecule has 4 aliphatic rings. The highest BCUT2D eigenvalue weighted by Crippen LogP contribution is 2.39. The molecule has 0 radical (unpaired) electrons. The van der Waals surface area contributed by atoms with Gasteiger partial charge in [-0.15, -0.1) is 0 Å². The normalized spacial score (nSPS) is 17.8. The number of likely N-dealkylation sites (tertiary alicyclic amines) is 2. The maximum atomic E-state index is 11.1. The largest absolute Gasteiger partial charge is 0.385 e. The lowest BCUT2D eigenvalue weighted by molar-refractivity contribution is -0.131. The van der Waals surface area contributed by atoms with E-state index in [1.165, 1.54) is 57.9 Å². The molecule has 82 heavy (non-hydrogen) atoms. The van der Waals surface area contributed by atoms with Crippen molar-refractivity contribution in [1.82, 2.24) is 9.80 Å². The number of carbonyl (C=O) groups excluding carboxylic acids is 2. The summed E-state index contributed by atoms with van der Waals surface area (Å²) in [5.74, 6) is 3.40. The summed E-state index contributed by atoms with van der Waals surface area (Å²) < 4.78 is 36.0. The van der Waals surface area contributed by atoms with E-state index in [9.17, 15) is 18.0 Å². The van der Waals surface area contributed by atoms with E-state index < -0.39 is 20.0 Å². The highest BCUT2D eigenvalue weighted by atomic mass is 32.2. The Bertz CT molecular complexity index is 1820. The number of amides is 2. The predicted octanol–water partition coefficient (Wildman–Crippen LogP) is 17.9. The van der Waals surface area contributed by atoms with E-state index in [4.69, 9.17) is 25.2 Å². The van der Waals surface area contributed by atoms with Crippen LogP contribution < -0.4 is 5.73 Å². The maximum Gasteiger partial charge on any atom is 0.223 e. The smallest absolute Gasteiger partial charge is 0.223 e. The Kier molecular flexibility index (Phi) is 40.3. The molecule has 4 heterocycles. The number of nitrogens with zero attached hydrogens (tertiary/aromatic N) is 3. The summed E-state index contributed by atoms with van der Waals surface area (Å²) >= 11 is 0. The Balaban J connectivity index is -0.000000274. The van der Waals surface area contributed by atoms with Gasteiger partial charge in [0.15, 0.2) is 9.84 Å². The fraction of sp³-hybridized carbons (Fsp3) is 0.957. The van der Waals surface area contributed by atoms with E-state index in [1.807, 2.05) is 53.4 Å². The lowest BCUT2D eigenvalue weighted by atomic mass is 9.69. The minimum Gasteiger partial charge on any atom is -0.385 e. The Labute approximate surface area is 513 Å². The fourth-order valence-electron chi connectivity index (χ4n) is 7.18. The van der Waals surface area contributed by atoms with Crippen LogP contribution in [0.15, 0.2) is 0 Å². The van der Waals surface area contributed by atoms with Crippen molar-refractivity contribution >= 4 is 21.7 Å². The highest BCUT2D eigenvalue weighted by Gasteiger charge is 2.38. The molecule has 4 aliphatic heterocycles. The van der Waals surface area contributed by atoms with Crippen LogP contribution in [0.1, 0.15) is 273 Å². The molecule has 0 spiro atoms. The van der Waals surface area contributed by atoms with Gasteiger partial charge in [-0.25, -0.2) is 8.42 Å². The molecule has 0 unspecified atom stereocenters. The number of sulfone groups is 1. The first-order valence-electron chi connectivity index (χ1n) is 31.4. The number of nitriles is 1. The summed E-state index contributed by atoms with van der Waals surface area (Å²) in [5, 5.41) is 8.68. The minimum atomic E-state index is -2.84. The second-order valence-electron chi connectivity index (χ2n) is 35.4. The quantitative estimate of drug-likeness (QED) is 0.291. The number of piperidine rings is 2. The molecule has 11 nitrogen and oxygen atoms in total. The van der Waals surface area contributed by atoms with E-state index in [2.05, 4.69) is 170 Å². The molecule has 0 bridgehead atoms. The second-order valence-corrected chi connectivity index (χ2v) is 38.1. The molecule has 2 N–H and O–H groups in total. The van der Waals surface area contributed by atoms with Gasteiger partial charge in [-0.2, -0.15) is 5.26 Å². The molecule has 0 aromatic heterocycles. The summed E-state index contributed by atoms with van der Waals surface area (Å²) in [7, 11) is 1.12. The number of methoxy groups -OCH3 is 1. The monoisotopic (exact) mass is 1190 g/mol. The average molecular weight is 1190 g/mol. The van der Waals surface area contributed by atoms with Gasteiger partial charge in [0.25, 0.3) is 0 Å². The zero-order chi connectivity index (χ0) is 66.8. The molecular weight excluding hydrogens is 1040 g/mol. The van der Waals surface area contributed by atoms with Gasteiger partial charge >= 0.3 is 0 Å². The molecule has 0 aliphatic carbocycles. The molecule has 0 saturated carbocycles. The summed E-state index contributed by atoms with van der Waals surface area (Å²) in [4.78, 5) is 26.4. The molecule has 494 valence electrons. The van der Waals surface area contributed by atoms with Gasteiger partial charge in [-0.1, -0.05) is 187 Å². The Morgan fingerprint density at radius 1 is 0.549 bits per heavy atom. The van der Waals surface area contributed by atoms with Gasteiger partial charge in [0, 0.05) is 64.5 Å². The first-order valence-corrected chi connectivity index (χ1v) is 33.3. The number of nitrogens with two attached hydrogens (primary N) is 1. The Morgan fingerprint density at radius 2 is 0.854 bits per heavy atom. The minimum absolute atomic E-state index is 0.0567. The van der Waals surface area contributed by atoms with Crippen LogP contribution in [0.4, 0.5) is 0 Å². The van der Waals surface area contributed by atoms with Crippen LogP contribution >= 0.6 is 0 Å². The summed E-state index contributed by atoms with van der Waals surface area (Å²) in [6.45, 7) is 79.1. The summed E-state index contributed by atoms with van der Waals surface area (Å²) in [5.41, 5.74) is 7.43. The first kappa shape index (κ1) is 89.0. The molecule has 0 atom stereocenters. The van der Waals surface area contributed by atoms with Crippen LogP contribution in [0.25, 0.3) is 0 Å². The third kappa shape index (κ3) is 45.5. The maximum absolute atomic E-state index is 11.1. The molecule has 0 aromatic rings. The number of hydrogen-bond acceptors (Lipinski definition) is 9. The lowest BCUT2D eigenvalue weighted by Crippen LogP contribution is -2.42. The van der Waals surface area contributed by atoms with E-state index >= 15 is 0 Å². The third-order valence-electron chi connectivity index (χ3n) is 17.2. The van der Waals surface area contributed by atoms with Gasteiger partial charge in [-0.3, -0.25) is 9.59 Å². The lowest BCUT2D eigenvalue weighted by Gasteiger charge is -2.38. The van der Waals surface area contributed by atoms with Gasteiger partial charge in [0.1, 0.15) is 0 Å². The molecule has 4 rings (SSSR count). The van der Waals surface area contributed by atoms with Gasteiger partial charge in [0.2, 0.25) is 11.8 Å². The van der Waals surface area contributed by atoms with E-state index in [1.54, 1.807) is 34.8 Å². The summed E-state index contributed by atoms with van der Waals surface area (Å²) in [6.07, 6.45) is 10.0. The molecular formula is C70H146N4O7S. The SMILES string of the molecule is CC(=O)N1CCC(C(C)(C)C)CC1.CC(C)(C)C.CC(C)(C)C(C)(C)C#N.CC(C)(C)C(C)(C)C(N)=O.CC(C)(C)C1CCOCC1.CC(C)(C)C1COC1.CC(C)(C)S(C)(=O)=O.CN1CCC(C(C)(C)C)CC1.COCCC(C)(C)C. The topological polar surface area (TPSA) is 152 Å². The molecule has 0 aromatic carbocycles. The van der Waals surface area contributed by atoms with Crippen molar-refractivity contribution in [2.75, 3.05) is 79.6 Å². The zero-order valence-electron chi connectivity index (χ0n) is 61.8. The number of rotatable bonds is 3. The van der Waals surface area contributed by atoms with Gasteiger partial charge in [0.05, 0.1) is 29.4 Å². The van der Waals surface area contributed by atoms with Crippen molar-refractivity contribution in [2.24, 2.45) is 83.6 Å². The van der Waals surface area contributed by atoms with Crippen molar-refractivity contribution in [3.63, 3.8) is 0 Å². The summed E-state index contributed by atoms with van der Waals surface area (Å²) in [6, 6.07) is 2.28.